The molecule has 1 heterocycles. The molecular formula is C14H14BrNO3S. The highest BCUT2D eigenvalue weighted by atomic mass is 79.9. The van der Waals surface area contributed by atoms with Gasteiger partial charge in [-0.15, -0.1) is 11.3 Å². The van der Waals surface area contributed by atoms with Gasteiger partial charge in [-0.25, -0.2) is 9.78 Å². The molecule has 0 aliphatic carbocycles. The first-order valence-electron chi connectivity index (χ1n) is 6.16. The van der Waals surface area contributed by atoms with Gasteiger partial charge in [-0.1, -0.05) is 22.9 Å². The highest BCUT2D eigenvalue weighted by Gasteiger charge is 2.17. The third-order valence-corrected chi connectivity index (χ3v) is 4.30. The summed E-state index contributed by atoms with van der Waals surface area (Å²) >= 11 is 4.59. The van der Waals surface area contributed by atoms with Crippen LogP contribution in [-0.4, -0.2) is 22.7 Å². The number of carbonyl (C=O) groups is 1. The summed E-state index contributed by atoms with van der Waals surface area (Å²) in [6, 6.07) is 5.66. The molecule has 0 unspecified atom stereocenters. The first-order valence-corrected chi connectivity index (χ1v) is 7.77. The Kier molecular flexibility index (Phi) is 4.77. The number of ether oxygens (including phenoxy) is 1. The number of nitrogens with zero attached hydrogens (tertiary/aromatic N) is 1. The van der Waals surface area contributed by atoms with E-state index in [4.69, 9.17) is 9.84 Å². The van der Waals surface area contributed by atoms with E-state index in [1.54, 1.807) is 6.92 Å². The van der Waals surface area contributed by atoms with Crippen molar-refractivity contribution in [3.63, 3.8) is 0 Å². The molecule has 0 aliphatic rings. The zero-order valence-electron chi connectivity index (χ0n) is 11.1. The molecule has 1 aromatic carbocycles. The average Bonchev–Trinajstić information content (AvgIpc) is 2.79. The highest BCUT2D eigenvalue weighted by molar-refractivity contribution is 9.10. The van der Waals surface area contributed by atoms with E-state index >= 15 is 0 Å². The van der Waals surface area contributed by atoms with Crippen LogP contribution in [-0.2, 0) is 0 Å². The van der Waals surface area contributed by atoms with E-state index in [0.717, 1.165) is 22.2 Å². The van der Waals surface area contributed by atoms with Crippen LogP contribution in [0.15, 0.2) is 22.7 Å². The van der Waals surface area contributed by atoms with Crippen LogP contribution in [0.3, 0.4) is 0 Å². The Morgan fingerprint density at radius 2 is 2.25 bits per heavy atom. The summed E-state index contributed by atoms with van der Waals surface area (Å²) in [7, 11) is 0. The maximum atomic E-state index is 11.1. The van der Waals surface area contributed by atoms with E-state index in [1.165, 1.54) is 11.3 Å². The molecule has 0 saturated carbocycles. The monoisotopic (exact) mass is 355 g/mol. The molecule has 1 N–H and O–H groups in total. The van der Waals surface area contributed by atoms with Gasteiger partial charge in [-0.3, -0.25) is 0 Å². The summed E-state index contributed by atoms with van der Waals surface area (Å²) < 4.78 is 6.61. The summed E-state index contributed by atoms with van der Waals surface area (Å²) in [6.45, 7) is 4.35. The molecule has 0 atom stereocenters. The average molecular weight is 356 g/mol. The number of benzene rings is 1. The predicted molar refractivity (Wildman–Crippen MR) is 82.7 cm³/mol. The molecule has 1 aromatic heterocycles. The van der Waals surface area contributed by atoms with Crippen molar-refractivity contribution in [1.82, 2.24) is 4.98 Å². The molecule has 4 nitrogen and oxygen atoms in total. The minimum Gasteiger partial charge on any atom is -0.493 e. The van der Waals surface area contributed by atoms with E-state index < -0.39 is 5.97 Å². The number of aryl methyl sites for hydroxylation is 1. The summed E-state index contributed by atoms with van der Waals surface area (Å²) in [4.78, 5) is 15.7. The SMILES string of the molecule is CCCOc1ccc(Br)cc1-c1nc(C)c(C(=O)O)s1. The number of aromatic carboxylic acids is 1. The number of halogens is 1. The second-order valence-electron chi connectivity index (χ2n) is 4.23. The van der Waals surface area contributed by atoms with Gasteiger partial charge in [0.25, 0.3) is 0 Å². The van der Waals surface area contributed by atoms with Gasteiger partial charge in [0.1, 0.15) is 15.6 Å². The van der Waals surface area contributed by atoms with Crippen molar-refractivity contribution < 1.29 is 14.6 Å². The van der Waals surface area contributed by atoms with Crippen molar-refractivity contribution in [3.8, 4) is 16.3 Å². The third-order valence-electron chi connectivity index (χ3n) is 2.62. The summed E-state index contributed by atoms with van der Waals surface area (Å²) in [6.07, 6.45) is 0.910. The zero-order valence-corrected chi connectivity index (χ0v) is 13.5. The smallest absolute Gasteiger partial charge is 0.347 e. The highest BCUT2D eigenvalue weighted by Crippen LogP contribution is 2.36. The zero-order chi connectivity index (χ0) is 14.7. The van der Waals surface area contributed by atoms with Crippen LogP contribution in [0.1, 0.15) is 28.7 Å². The standard InChI is InChI=1S/C14H14BrNO3S/c1-3-6-19-11-5-4-9(15)7-10(11)13-16-8(2)12(20-13)14(17)18/h4-5,7H,3,6H2,1-2H3,(H,17,18). The molecular weight excluding hydrogens is 342 g/mol. The van der Waals surface area contributed by atoms with Gasteiger partial charge in [0, 0.05) is 4.47 Å². The van der Waals surface area contributed by atoms with E-state index in [0.29, 0.717) is 17.3 Å². The minimum absolute atomic E-state index is 0.265. The lowest BCUT2D eigenvalue weighted by Crippen LogP contribution is -1.96. The minimum atomic E-state index is -0.947. The molecule has 0 saturated heterocycles. The molecule has 2 rings (SSSR count). The largest absolute Gasteiger partial charge is 0.493 e. The Morgan fingerprint density at radius 3 is 2.85 bits per heavy atom. The van der Waals surface area contributed by atoms with Gasteiger partial charge < -0.3 is 9.84 Å². The quantitative estimate of drug-likeness (QED) is 0.864. The maximum absolute atomic E-state index is 11.1. The van der Waals surface area contributed by atoms with E-state index in [1.807, 2.05) is 25.1 Å². The van der Waals surface area contributed by atoms with Crippen molar-refractivity contribution in [3.05, 3.63) is 33.2 Å². The summed E-state index contributed by atoms with van der Waals surface area (Å²) in [5.41, 5.74) is 1.34. The number of thiazole rings is 1. The van der Waals surface area contributed by atoms with Crippen molar-refractivity contribution in [2.45, 2.75) is 20.3 Å². The molecule has 6 heteroatoms. The van der Waals surface area contributed by atoms with Crippen LogP contribution in [0.5, 0.6) is 5.75 Å². The Bertz CT molecular complexity index is 639. The molecule has 0 bridgehead atoms. The first-order chi connectivity index (χ1) is 9.52. The van der Waals surface area contributed by atoms with Crippen LogP contribution in [0.2, 0.25) is 0 Å². The van der Waals surface area contributed by atoms with Crippen LogP contribution in [0.4, 0.5) is 0 Å². The van der Waals surface area contributed by atoms with Gasteiger partial charge in [0.05, 0.1) is 17.9 Å². The summed E-state index contributed by atoms with van der Waals surface area (Å²) in [5, 5.41) is 9.78. The van der Waals surface area contributed by atoms with E-state index in [9.17, 15) is 4.79 Å². The molecule has 0 aliphatic heterocycles. The van der Waals surface area contributed by atoms with Gasteiger partial charge in [0.15, 0.2) is 0 Å². The van der Waals surface area contributed by atoms with Crippen molar-refractivity contribution >= 4 is 33.2 Å². The molecule has 0 amide bonds. The van der Waals surface area contributed by atoms with Crippen LogP contribution >= 0.6 is 27.3 Å². The number of rotatable bonds is 5. The van der Waals surface area contributed by atoms with Crippen LogP contribution < -0.4 is 4.74 Å². The topological polar surface area (TPSA) is 59.4 Å². The number of hydrogen-bond donors (Lipinski definition) is 1. The molecule has 106 valence electrons. The fourth-order valence-corrected chi connectivity index (χ4v) is 3.00. The number of aromatic nitrogens is 1. The Labute approximate surface area is 129 Å². The van der Waals surface area contributed by atoms with Gasteiger partial charge in [0.2, 0.25) is 0 Å². The van der Waals surface area contributed by atoms with Gasteiger partial charge >= 0.3 is 5.97 Å². The Morgan fingerprint density at radius 1 is 1.50 bits per heavy atom. The lowest BCUT2D eigenvalue weighted by Gasteiger charge is -2.09. The number of carboxylic acid groups (broad SMARTS) is 1. The van der Waals surface area contributed by atoms with Crippen LogP contribution in [0.25, 0.3) is 10.6 Å². The maximum Gasteiger partial charge on any atom is 0.347 e. The van der Waals surface area contributed by atoms with Crippen LogP contribution in [0, 0.1) is 6.92 Å². The van der Waals surface area contributed by atoms with Crippen molar-refractivity contribution in [2.24, 2.45) is 0 Å². The molecule has 0 radical (unpaired) electrons. The number of carboxylic acids is 1. The fraction of sp³-hybridized carbons (Fsp3) is 0.286. The Hall–Kier alpha value is -1.40. The van der Waals surface area contributed by atoms with E-state index in [2.05, 4.69) is 20.9 Å². The molecule has 20 heavy (non-hydrogen) atoms. The summed E-state index contributed by atoms with van der Waals surface area (Å²) in [5.74, 6) is -0.224. The third kappa shape index (κ3) is 3.19. The van der Waals surface area contributed by atoms with Gasteiger partial charge in [-0.05, 0) is 31.5 Å². The Balaban J connectivity index is 2.47. The lowest BCUT2D eigenvalue weighted by molar-refractivity contribution is 0.0701. The number of hydrogen-bond acceptors (Lipinski definition) is 4. The van der Waals surface area contributed by atoms with Crippen molar-refractivity contribution in [2.75, 3.05) is 6.61 Å². The predicted octanol–water partition coefficient (Wildman–Crippen LogP) is 4.37. The molecule has 0 fully saturated rings. The second-order valence-corrected chi connectivity index (χ2v) is 6.14. The fourth-order valence-electron chi connectivity index (χ4n) is 1.72. The lowest BCUT2D eigenvalue weighted by atomic mass is 10.2. The second kappa shape index (κ2) is 6.37. The molecule has 0 spiro atoms. The van der Waals surface area contributed by atoms with Crippen molar-refractivity contribution in [1.29, 1.82) is 0 Å². The first kappa shape index (κ1) is 15.0. The van der Waals surface area contributed by atoms with E-state index in [-0.39, 0.29) is 4.88 Å². The molecule has 2 aromatic rings. The normalized spacial score (nSPS) is 10.6. The van der Waals surface area contributed by atoms with Gasteiger partial charge in [-0.2, -0.15) is 0 Å².